The first-order valence-electron chi connectivity index (χ1n) is 8.79. The molecule has 1 aromatic rings. The summed E-state index contributed by atoms with van der Waals surface area (Å²) in [6.45, 7) is 3.52. The van der Waals surface area contributed by atoms with Crippen LogP contribution in [0, 0.1) is 0 Å². The Kier molecular flexibility index (Phi) is 5.10. The van der Waals surface area contributed by atoms with Crippen LogP contribution in [0.1, 0.15) is 0 Å². The van der Waals surface area contributed by atoms with Gasteiger partial charge in [-0.15, -0.1) is 0 Å². The van der Waals surface area contributed by atoms with Gasteiger partial charge in [0.2, 0.25) is 0 Å². The summed E-state index contributed by atoms with van der Waals surface area (Å²) in [5.74, 6) is 7.75. The number of rotatable bonds is 3. The quantitative estimate of drug-likeness (QED) is 0.521. The summed E-state index contributed by atoms with van der Waals surface area (Å²) in [4.78, 5) is 21.0. The molecule has 10 heteroatoms. The lowest BCUT2D eigenvalue weighted by molar-refractivity contribution is 0.163. The highest BCUT2D eigenvalue weighted by molar-refractivity contribution is 7.98. The predicted octanol–water partition coefficient (Wildman–Crippen LogP) is 0.851. The molecule has 4 rings (SSSR count). The number of amides is 2. The molecule has 2 amide bonds. The minimum atomic E-state index is -0.0851. The van der Waals surface area contributed by atoms with Crippen LogP contribution >= 0.6 is 11.9 Å². The lowest BCUT2D eigenvalue weighted by Crippen LogP contribution is -2.52. The van der Waals surface area contributed by atoms with E-state index in [1.165, 1.54) is 17.5 Å². The van der Waals surface area contributed by atoms with Crippen molar-refractivity contribution in [2.45, 2.75) is 5.37 Å². The van der Waals surface area contributed by atoms with Crippen molar-refractivity contribution < 1.29 is 9.53 Å². The number of ether oxygens (including phenoxy) is 1. The number of hydrazine groups is 1. The van der Waals surface area contributed by atoms with E-state index in [1.807, 2.05) is 29.2 Å². The fourth-order valence-corrected chi connectivity index (χ4v) is 4.25. The summed E-state index contributed by atoms with van der Waals surface area (Å²) in [6, 6.07) is 7.24. The summed E-state index contributed by atoms with van der Waals surface area (Å²) in [5.41, 5.74) is 1.95. The number of carbonyl (C=O) groups is 1. The zero-order valence-corrected chi connectivity index (χ0v) is 15.9. The third kappa shape index (κ3) is 3.82. The summed E-state index contributed by atoms with van der Waals surface area (Å²) < 4.78 is 6.85. The van der Waals surface area contributed by atoms with Gasteiger partial charge in [0, 0.05) is 37.4 Å². The second kappa shape index (κ2) is 7.67. The van der Waals surface area contributed by atoms with E-state index in [0.717, 1.165) is 30.3 Å². The van der Waals surface area contributed by atoms with Crippen LogP contribution in [0.25, 0.3) is 0 Å². The maximum Gasteiger partial charge on any atom is 0.321 e. The van der Waals surface area contributed by atoms with Crippen LogP contribution in [0.2, 0.25) is 0 Å². The molecule has 0 saturated carbocycles. The Labute approximate surface area is 162 Å². The Morgan fingerprint density at radius 1 is 1.30 bits per heavy atom. The number of benzene rings is 1. The molecule has 1 unspecified atom stereocenters. The number of fused-ring (bicyclic) bond motifs is 1. The number of methoxy groups -OCH3 is 1. The molecule has 0 spiro atoms. The molecule has 144 valence electrons. The van der Waals surface area contributed by atoms with Gasteiger partial charge in [-0.3, -0.25) is 10.8 Å². The summed E-state index contributed by atoms with van der Waals surface area (Å²) in [7, 11) is 1.62. The van der Waals surface area contributed by atoms with Crippen molar-refractivity contribution in [3.8, 4) is 5.75 Å². The highest BCUT2D eigenvalue weighted by atomic mass is 32.2. The Bertz CT molecular complexity index is 759. The highest BCUT2D eigenvalue weighted by Gasteiger charge is 2.34. The topological polar surface area (TPSA) is 98.5 Å². The van der Waals surface area contributed by atoms with E-state index in [2.05, 4.69) is 20.5 Å². The van der Waals surface area contributed by atoms with Crippen LogP contribution in [0.3, 0.4) is 0 Å². The van der Waals surface area contributed by atoms with Gasteiger partial charge in [-0.1, -0.05) is 0 Å². The van der Waals surface area contributed by atoms with E-state index in [1.54, 1.807) is 17.9 Å². The highest BCUT2D eigenvalue weighted by Crippen LogP contribution is 2.34. The van der Waals surface area contributed by atoms with Crippen molar-refractivity contribution in [3.63, 3.8) is 0 Å². The fourth-order valence-electron chi connectivity index (χ4n) is 3.35. The van der Waals surface area contributed by atoms with E-state index in [4.69, 9.17) is 10.6 Å². The number of nitrogens with two attached hydrogens (primary N) is 1. The summed E-state index contributed by atoms with van der Waals surface area (Å²) in [5, 5.41) is 6.26. The van der Waals surface area contributed by atoms with Crippen LogP contribution in [0.5, 0.6) is 5.75 Å². The predicted molar refractivity (Wildman–Crippen MR) is 106 cm³/mol. The first kappa shape index (κ1) is 18.0. The van der Waals surface area contributed by atoms with E-state index in [9.17, 15) is 4.79 Å². The van der Waals surface area contributed by atoms with Gasteiger partial charge in [0.15, 0.2) is 0 Å². The fraction of sp³-hybridized carbons (Fsp3) is 0.412. The van der Waals surface area contributed by atoms with Gasteiger partial charge >= 0.3 is 6.03 Å². The zero-order chi connectivity index (χ0) is 18.8. The van der Waals surface area contributed by atoms with Crippen LogP contribution in [0.15, 0.2) is 40.7 Å². The molecular weight excluding hydrogens is 366 g/mol. The molecule has 3 heterocycles. The number of nitrogens with one attached hydrogen (secondary N) is 2. The molecule has 0 aromatic heterocycles. The molecule has 4 N–H and O–H groups in total. The molecule has 3 aliphatic rings. The van der Waals surface area contributed by atoms with Gasteiger partial charge in [0.25, 0.3) is 0 Å². The Balaban J connectivity index is 1.34. The number of anilines is 1. The molecule has 27 heavy (non-hydrogen) atoms. The second-order valence-corrected chi connectivity index (χ2v) is 7.59. The largest absolute Gasteiger partial charge is 0.497 e. The van der Waals surface area contributed by atoms with Crippen molar-refractivity contribution >= 4 is 30.0 Å². The van der Waals surface area contributed by atoms with Crippen LogP contribution in [-0.2, 0) is 0 Å². The number of hydrogen-bond donors (Lipinski definition) is 3. The lowest BCUT2D eigenvalue weighted by atomic mass is 10.2. The lowest BCUT2D eigenvalue weighted by Gasteiger charge is -2.38. The van der Waals surface area contributed by atoms with E-state index in [0.29, 0.717) is 19.6 Å². The van der Waals surface area contributed by atoms with E-state index >= 15 is 0 Å². The number of piperazine rings is 1. The van der Waals surface area contributed by atoms with E-state index in [-0.39, 0.29) is 11.4 Å². The Hall–Kier alpha value is -2.43. The standard InChI is InChI=1S/C17H23N7O2S/c1-26-13-4-2-12(3-5-13)21-17(25)23-8-6-22(7-9-23)15-14-10-24(18)27-16(14)20-11-19-15/h2-5,11,16H,6-10,18H2,1H3,(H,19,20)(H,21,25). The summed E-state index contributed by atoms with van der Waals surface area (Å²) >= 11 is 1.53. The maximum absolute atomic E-state index is 12.5. The van der Waals surface area contributed by atoms with Crippen LogP contribution in [0.4, 0.5) is 10.5 Å². The Morgan fingerprint density at radius 3 is 2.74 bits per heavy atom. The van der Waals surface area contributed by atoms with Crippen LogP contribution in [-0.4, -0.2) is 71.8 Å². The normalized spacial score (nSPS) is 22.5. The average molecular weight is 389 g/mol. The maximum atomic E-state index is 12.5. The molecule has 9 nitrogen and oxygen atoms in total. The minimum Gasteiger partial charge on any atom is -0.497 e. The molecule has 3 aliphatic heterocycles. The number of urea groups is 1. The van der Waals surface area contributed by atoms with E-state index < -0.39 is 0 Å². The smallest absolute Gasteiger partial charge is 0.321 e. The van der Waals surface area contributed by atoms with Gasteiger partial charge in [0.1, 0.15) is 16.9 Å². The molecule has 0 aliphatic carbocycles. The molecule has 1 atom stereocenters. The first-order chi connectivity index (χ1) is 13.1. The summed E-state index contributed by atoms with van der Waals surface area (Å²) in [6.07, 6.45) is 1.73. The number of aliphatic imine (C=N–C) groups is 1. The number of nitrogens with zero attached hydrogens (tertiary/aromatic N) is 4. The first-order valence-corrected chi connectivity index (χ1v) is 9.63. The molecule has 2 fully saturated rings. The molecular formula is C17H23N7O2S. The average Bonchev–Trinajstić information content (AvgIpc) is 3.09. The molecule has 2 saturated heterocycles. The third-order valence-electron chi connectivity index (χ3n) is 4.80. The van der Waals surface area contributed by atoms with Crippen molar-refractivity contribution in [3.05, 3.63) is 35.7 Å². The molecule has 0 radical (unpaired) electrons. The van der Waals surface area contributed by atoms with Gasteiger partial charge in [-0.25, -0.2) is 4.79 Å². The molecule has 1 aromatic carbocycles. The zero-order valence-electron chi connectivity index (χ0n) is 15.1. The second-order valence-electron chi connectivity index (χ2n) is 6.46. The van der Waals surface area contributed by atoms with Crippen molar-refractivity contribution in [2.24, 2.45) is 10.8 Å². The Morgan fingerprint density at radius 2 is 2.04 bits per heavy atom. The third-order valence-corrected chi connectivity index (χ3v) is 5.81. The van der Waals surface area contributed by atoms with Crippen molar-refractivity contribution in [1.29, 1.82) is 0 Å². The SMILES string of the molecule is COc1ccc(NC(=O)N2CCN(C3=C4CN(N)SC4N=CN3)CC2)cc1. The minimum absolute atomic E-state index is 0.0580. The van der Waals surface area contributed by atoms with Crippen LogP contribution < -0.4 is 21.2 Å². The number of carbonyl (C=O) groups excluding carboxylic acids is 1. The van der Waals surface area contributed by atoms with Gasteiger partial charge in [-0.2, -0.15) is 4.41 Å². The monoisotopic (exact) mass is 389 g/mol. The van der Waals surface area contributed by atoms with Crippen molar-refractivity contribution in [1.82, 2.24) is 19.5 Å². The molecule has 0 bridgehead atoms. The van der Waals surface area contributed by atoms with Crippen molar-refractivity contribution in [2.75, 3.05) is 45.2 Å². The van der Waals surface area contributed by atoms with Gasteiger partial charge in [-0.05, 0) is 36.2 Å². The van der Waals surface area contributed by atoms with Gasteiger partial charge in [0.05, 0.1) is 20.0 Å². The number of hydrogen-bond acceptors (Lipinski definition) is 8. The van der Waals surface area contributed by atoms with Gasteiger partial charge < -0.3 is 25.2 Å².